The molecule has 3 rings (SSSR count). The molecule has 2 heterocycles. The Morgan fingerprint density at radius 1 is 1.28 bits per heavy atom. The largest absolute Gasteiger partial charge is 0.365 e. The molecule has 1 aromatic rings. The van der Waals surface area contributed by atoms with E-state index >= 15 is 0 Å². The molecule has 0 radical (unpaired) electrons. The highest BCUT2D eigenvalue weighted by Gasteiger charge is 2.37. The van der Waals surface area contributed by atoms with Gasteiger partial charge in [-0.25, -0.2) is 8.42 Å². The lowest BCUT2D eigenvalue weighted by atomic mass is 10.1. The van der Waals surface area contributed by atoms with Gasteiger partial charge in [-0.3, -0.25) is 0 Å². The quantitative estimate of drug-likeness (QED) is 0.804. The van der Waals surface area contributed by atoms with Crippen molar-refractivity contribution in [1.82, 2.24) is 4.31 Å². The number of nitrogens with zero attached hydrogens (tertiary/aromatic N) is 2. The van der Waals surface area contributed by atoms with Crippen molar-refractivity contribution < 1.29 is 8.42 Å². The molecular weight excluding hydrogens is 248 g/mol. The van der Waals surface area contributed by atoms with E-state index in [1.54, 1.807) is 11.2 Å². The van der Waals surface area contributed by atoms with Gasteiger partial charge >= 0.3 is 0 Å². The minimum absolute atomic E-state index is 0.201. The van der Waals surface area contributed by atoms with Crippen LogP contribution in [-0.4, -0.2) is 44.2 Å². The van der Waals surface area contributed by atoms with Gasteiger partial charge in [0.1, 0.15) is 0 Å². The van der Waals surface area contributed by atoms with Crippen LogP contribution in [0.4, 0.5) is 5.69 Å². The van der Waals surface area contributed by atoms with Gasteiger partial charge in [-0.1, -0.05) is 18.2 Å². The van der Waals surface area contributed by atoms with Gasteiger partial charge in [-0.05, 0) is 25.0 Å². The Morgan fingerprint density at radius 2 is 2.06 bits per heavy atom. The van der Waals surface area contributed by atoms with E-state index in [1.165, 1.54) is 11.3 Å². The van der Waals surface area contributed by atoms with Crippen molar-refractivity contribution in [2.24, 2.45) is 0 Å². The van der Waals surface area contributed by atoms with Gasteiger partial charge in [0.05, 0.1) is 5.75 Å². The molecule has 1 fully saturated rings. The molecule has 0 spiro atoms. The number of piperazine rings is 1. The fourth-order valence-corrected chi connectivity index (χ4v) is 4.10. The smallest absolute Gasteiger partial charge is 0.213 e. The van der Waals surface area contributed by atoms with Gasteiger partial charge in [0, 0.05) is 31.4 Å². The number of hydrogen-bond acceptors (Lipinski definition) is 3. The van der Waals surface area contributed by atoms with E-state index in [-0.39, 0.29) is 5.75 Å². The van der Waals surface area contributed by atoms with Crippen LogP contribution in [0.15, 0.2) is 24.3 Å². The van der Waals surface area contributed by atoms with E-state index in [0.29, 0.717) is 19.1 Å². The van der Waals surface area contributed by atoms with Crippen molar-refractivity contribution in [3.05, 3.63) is 29.8 Å². The lowest BCUT2D eigenvalue weighted by Gasteiger charge is -2.38. The van der Waals surface area contributed by atoms with Crippen molar-refractivity contribution in [2.75, 3.05) is 30.3 Å². The second-order valence-corrected chi connectivity index (χ2v) is 7.20. The highest BCUT2D eigenvalue weighted by atomic mass is 32.2. The maximum absolute atomic E-state index is 11.9. The molecule has 0 aliphatic carbocycles. The van der Waals surface area contributed by atoms with E-state index < -0.39 is 10.0 Å². The minimum Gasteiger partial charge on any atom is -0.365 e. The molecule has 1 unspecified atom stereocenters. The number of para-hydroxylation sites is 1. The fourth-order valence-electron chi connectivity index (χ4n) is 2.97. The second kappa shape index (κ2) is 4.24. The number of fused-ring (bicyclic) bond motifs is 3. The maximum Gasteiger partial charge on any atom is 0.213 e. The molecule has 1 saturated heterocycles. The van der Waals surface area contributed by atoms with Gasteiger partial charge < -0.3 is 4.90 Å². The Bertz CT molecular complexity index is 556. The van der Waals surface area contributed by atoms with Crippen LogP contribution in [0, 0.1) is 0 Å². The molecular formula is C13H18N2O2S. The zero-order chi connectivity index (χ0) is 12.8. The van der Waals surface area contributed by atoms with Crippen LogP contribution in [0.3, 0.4) is 0 Å². The molecule has 0 saturated carbocycles. The summed E-state index contributed by atoms with van der Waals surface area (Å²) in [6.07, 6.45) is 0.964. The van der Waals surface area contributed by atoms with Crippen molar-refractivity contribution in [3.8, 4) is 0 Å². The van der Waals surface area contributed by atoms with Gasteiger partial charge in [0.25, 0.3) is 0 Å². The Balaban J connectivity index is 1.83. The molecule has 1 aromatic carbocycles. The first-order valence-electron chi connectivity index (χ1n) is 6.44. The SMILES string of the molecule is CCS(=O)(=O)N1CCN2c3ccccc3CC2C1. The lowest BCUT2D eigenvalue weighted by Crippen LogP contribution is -2.53. The highest BCUT2D eigenvalue weighted by molar-refractivity contribution is 7.89. The molecule has 98 valence electrons. The predicted molar refractivity (Wildman–Crippen MR) is 72.3 cm³/mol. The molecule has 2 aliphatic heterocycles. The number of hydrogen-bond donors (Lipinski definition) is 0. The van der Waals surface area contributed by atoms with E-state index in [1.807, 2.05) is 0 Å². The Labute approximate surface area is 108 Å². The first-order valence-corrected chi connectivity index (χ1v) is 8.05. The van der Waals surface area contributed by atoms with Crippen LogP contribution in [0.2, 0.25) is 0 Å². The molecule has 0 aromatic heterocycles. The molecule has 4 nitrogen and oxygen atoms in total. The van der Waals surface area contributed by atoms with E-state index in [2.05, 4.69) is 29.2 Å². The van der Waals surface area contributed by atoms with Crippen LogP contribution < -0.4 is 4.90 Å². The first kappa shape index (κ1) is 12.0. The number of rotatable bonds is 2. The summed E-state index contributed by atoms with van der Waals surface area (Å²) >= 11 is 0. The van der Waals surface area contributed by atoms with Crippen LogP contribution >= 0.6 is 0 Å². The normalized spacial score (nSPS) is 23.8. The molecule has 18 heavy (non-hydrogen) atoms. The van der Waals surface area contributed by atoms with Crippen LogP contribution in [0.5, 0.6) is 0 Å². The third-order valence-electron chi connectivity index (χ3n) is 3.96. The predicted octanol–water partition coefficient (Wildman–Crippen LogP) is 1.08. The van der Waals surface area contributed by atoms with Crippen molar-refractivity contribution in [1.29, 1.82) is 0 Å². The van der Waals surface area contributed by atoms with Gasteiger partial charge in [-0.15, -0.1) is 0 Å². The van der Waals surface area contributed by atoms with Crippen LogP contribution in [0.25, 0.3) is 0 Å². The van der Waals surface area contributed by atoms with Crippen molar-refractivity contribution in [2.45, 2.75) is 19.4 Å². The Kier molecular flexibility index (Phi) is 2.83. The zero-order valence-corrected chi connectivity index (χ0v) is 11.4. The van der Waals surface area contributed by atoms with E-state index in [4.69, 9.17) is 0 Å². The molecule has 0 amide bonds. The fraction of sp³-hybridized carbons (Fsp3) is 0.538. The minimum atomic E-state index is -3.04. The summed E-state index contributed by atoms with van der Waals surface area (Å²) in [6, 6.07) is 8.71. The first-order chi connectivity index (χ1) is 8.62. The Hall–Kier alpha value is -1.07. The molecule has 1 atom stereocenters. The average molecular weight is 266 g/mol. The van der Waals surface area contributed by atoms with E-state index in [9.17, 15) is 8.42 Å². The van der Waals surface area contributed by atoms with Gasteiger partial charge in [0.15, 0.2) is 0 Å². The summed E-state index contributed by atoms with van der Waals surface area (Å²) < 4.78 is 25.5. The van der Waals surface area contributed by atoms with Gasteiger partial charge in [0.2, 0.25) is 10.0 Å². The summed E-state index contributed by atoms with van der Waals surface area (Å²) in [5.41, 5.74) is 2.63. The number of anilines is 1. The van der Waals surface area contributed by atoms with Crippen molar-refractivity contribution >= 4 is 15.7 Å². The van der Waals surface area contributed by atoms with Crippen LogP contribution in [0.1, 0.15) is 12.5 Å². The third kappa shape index (κ3) is 1.82. The third-order valence-corrected chi connectivity index (χ3v) is 5.81. The lowest BCUT2D eigenvalue weighted by molar-refractivity contribution is 0.340. The monoisotopic (exact) mass is 266 g/mol. The summed E-state index contributed by atoms with van der Waals surface area (Å²) in [5, 5.41) is 0. The zero-order valence-electron chi connectivity index (χ0n) is 10.5. The molecule has 2 aliphatic rings. The van der Waals surface area contributed by atoms with Gasteiger partial charge in [-0.2, -0.15) is 4.31 Å². The Morgan fingerprint density at radius 3 is 2.83 bits per heavy atom. The van der Waals surface area contributed by atoms with E-state index in [0.717, 1.165) is 13.0 Å². The molecule has 5 heteroatoms. The maximum atomic E-state index is 11.9. The average Bonchev–Trinajstić information content (AvgIpc) is 2.76. The summed E-state index contributed by atoms with van der Waals surface area (Å²) in [6.45, 7) is 3.76. The van der Waals surface area contributed by atoms with Crippen LogP contribution in [-0.2, 0) is 16.4 Å². The molecule has 0 bridgehead atoms. The molecule has 0 N–H and O–H groups in total. The number of sulfonamides is 1. The number of benzene rings is 1. The topological polar surface area (TPSA) is 40.6 Å². The summed E-state index contributed by atoms with van der Waals surface area (Å²) in [7, 11) is -3.04. The highest BCUT2D eigenvalue weighted by Crippen LogP contribution is 2.34. The summed E-state index contributed by atoms with van der Waals surface area (Å²) in [4.78, 5) is 2.36. The van der Waals surface area contributed by atoms with Crippen molar-refractivity contribution in [3.63, 3.8) is 0 Å². The standard InChI is InChI=1S/C13H18N2O2S/c1-2-18(16,17)14-7-8-15-12(10-14)9-11-5-3-4-6-13(11)15/h3-6,12H,2,7-10H2,1H3. The second-order valence-electron chi connectivity index (χ2n) is 4.94. The summed E-state index contributed by atoms with van der Waals surface area (Å²) in [5.74, 6) is 0.201.